The second-order valence-corrected chi connectivity index (χ2v) is 3.21. The third-order valence-electron chi connectivity index (χ3n) is 1.54. The summed E-state index contributed by atoms with van der Waals surface area (Å²) in [6.45, 7) is 1.75. The summed E-state index contributed by atoms with van der Waals surface area (Å²) >= 11 is -2.33. The Morgan fingerprint density at radius 1 is 1.77 bits per heavy atom. The molecule has 1 N–H and O–H groups in total. The molecule has 4 nitrogen and oxygen atoms in total. The highest BCUT2D eigenvalue weighted by molar-refractivity contribution is 7.77. The molecular weight excluding hydrogens is 195 g/mol. The van der Waals surface area contributed by atoms with Gasteiger partial charge in [-0.3, -0.25) is 9.19 Å². The Morgan fingerprint density at radius 3 is 3.08 bits per heavy atom. The minimum atomic E-state index is -2.33. The van der Waals surface area contributed by atoms with Gasteiger partial charge in [-0.25, -0.2) is 9.11 Å². The van der Waals surface area contributed by atoms with Crippen molar-refractivity contribution in [2.24, 2.45) is 0 Å². The van der Waals surface area contributed by atoms with Crippen LogP contribution in [0.15, 0.2) is 12.3 Å². The molecule has 0 saturated heterocycles. The molecule has 0 bridgehead atoms. The third kappa shape index (κ3) is 3.17. The highest BCUT2D eigenvalue weighted by Gasteiger charge is 2.00. The van der Waals surface area contributed by atoms with Crippen molar-refractivity contribution in [1.82, 2.24) is 9.71 Å². The van der Waals surface area contributed by atoms with Gasteiger partial charge in [-0.05, 0) is 18.6 Å². The normalized spacial score (nSPS) is 12.8. The fraction of sp³-hybridized carbons (Fsp3) is 0.286. The van der Waals surface area contributed by atoms with Crippen molar-refractivity contribution in [3.8, 4) is 0 Å². The van der Waals surface area contributed by atoms with Gasteiger partial charge in [0.1, 0.15) is 5.82 Å². The van der Waals surface area contributed by atoms with Gasteiger partial charge in [0.2, 0.25) is 0 Å². The summed E-state index contributed by atoms with van der Waals surface area (Å²) in [5, 5.41) is 0. The molecule has 1 rings (SSSR count). The van der Waals surface area contributed by atoms with Crippen LogP contribution < -0.4 is 4.72 Å². The smallest absolute Gasteiger partial charge is 0.141 e. The molecule has 1 heterocycles. The van der Waals surface area contributed by atoms with E-state index in [1.807, 2.05) is 0 Å². The molecule has 0 spiro atoms. The zero-order valence-corrected chi connectivity index (χ0v) is 7.73. The number of hydrogen-bond acceptors (Lipinski definition) is 3. The van der Waals surface area contributed by atoms with Crippen molar-refractivity contribution >= 4 is 11.3 Å². The van der Waals surface area contributed by atoms with Crippen molar-refractivity contribution in [3.05, 3.63) is 29.3 Å². The molecule has 13 heavy (non-hydrogen) atoms. The summed E-state index contributed by atoms with van der Waals surface area (Å²) in [6, 6.07) is 1.25. The van der Waals surface area contributed by atoms with E-state index in [0.717, 1.165) is 6.20 Å². The zero-order chi connectivity index (χ0) is 9.84. The van der Waals surface area contributed by atoms with Crippen molar-refractivity contribution < 1.29 is 13.2 Å². The summed E-state index contributed by atoms with van der Waals surface area (Å²) in [4.78, 5) is 3.74. The van der Waals surface area contributed by atoms with Crippen LogP contribution in [0.3, 0.4) is 0 Å². The summed E-state index contributed by atoms with van der Waals surface area (Å²) in [5.74, 6) is -0.473. The molecule has 1 atom stereocenters. The van der Waals surface area contributed by atoms with Crippen LogP contribution in [0.4, 0.5) is 4.39 Å². The lowest BCUT2D eigenvalue weighted by molar-refractivity contribution is 0.522. The highest BCUT2D eigenvalue weighted by atomic mass is 32.2. The van der Waals surface area contributed by atoms with Gasteiger partial charge < -0.3 is 4.55 Å². The maximum atomic E-state index is 12.6. The first-order chi connectivity index (χ1) is 6.09. The molecule has 0 aliphatic carbocycles. The first-order valence-corrected chi connectivity index (χ1v) is 4.61. The standard InChI is InChI=1S/C7H9FN2O2S/c1-5-6(3-10-13(11)12)2-7(8)4-9-5/h2,4,10H,3H2,1H3,(H,11,12)/p-1. The molecule has 0 saturated carbocycles. The summed E-state index contributed by atoms with van der Waals surface area (Å²) in [5.41, 5.74) is 1.14. The van der Waals surface area contributed by atoms with Crippen LogP contribution in [-0.2, 0) is 17.8 Å². The fourth-order valence-electron chi connectivity index (χ4n) is 0.865. The minimum Gasteiger partial charge on any atom is -0.760 e. The molecule has 0 amide bonds. The van der Waals surface area contributed by atoms with Gasteiger partial charge in [-0.2, -0.15) is 0 Å². The summed E-state index contributed by atoms with van der Waals surface area (Å²) in [7, 11) is 0. The van der Waals surface area contributed by atoms with Crippen LogP contribution in [-0.4, -0.2) is 13.7 Å². The second kappa shape index (κ2) is 4.40. The number of pyridine rings is 1. The third-order valence-corrected chi connectivity index (χ3v) is 1.92. The zero-order valence-electron chi connectivity index (χ0n) is 6.91. The largest absolute Gasteiger partial charge is 0.760 e. The summed E-state index contributed by atoms with van der Waals surface area (Å²) < 4.78 is 35.1. The lowest BCUT2D eigenvalue weighted by Gasteiger charge is -2.08. The molecule has 0 aromatic carbocycles. The van der Waals surface area contributed by atoms with Crippen LogP contribution in [0.1, 0.15) is 11.3 Å². The number of nitrogens with zero attached hydrogens (tertiary/aromatic N) is 1. The van der Waals surface area contributed by atoms with Crippen molar-refractivity contribution in [1.29, 1.82) is 0 Å². The van der Waals surface area contributed by atoms with Gasteiger partial charge in [-0.15, -0.1) is 0 Å². The fourth-order valence-corrected chi connectivity index (χ4v) is 1.14. The maximum absolute atomic E-state index is 12.6. The van der Waals surface area contributed by atoms with Crippen molar-refractivity contribution in [2.45, 2.75) is 13.5 Å². The van der Waals surface area contributed by atoms with Gasteiger partial charge in [0.05, 0.1) is 6.20 Å². The molecule has 6 heteroatoms. The predicted octanol–water partition coefficient (Wildman–Crippen LogP) is 0.413. The first kappa shape index (κ1) is 10.2. The highest BCUT2D eigenvalue weighted by Crippen LogP contribution is 2.06. The number of aromatic nitrogens is 1. The van der Waals surface area contributed by atoms with Crippen LogP contribution in [0.5, 0.6) is 0 Å². The van der Waals surface area contributed by atoms with E-state index in [-0.39, 0.29) is 6.54 Å². The second-order valence-electron chi connectivity index (χ2n) is 2.45. The van der Waals surface area contributed by atoms with Crippen LogP contribution in [0.25, 0.3) is 0 Å². The van der Waals surface area contributed by atoms with E-state index >= 15 is 0 Å². The number of nitrogens with one attached hydrogen (secondary N) is 1. The molecule has 0 fully saturated rings. The average Bonchev–Trinajstić information content (AvgIpc) is 2.06. The molecular formula is C7H8FN2O2S-. The number of hydrogen-bond donors (Lipinski definition) is 1. The Balaban J connectivity index is 2.75. The Hall–Kier alpha value is -0.850. The van der Waals surface area contributed by atoms with E-state index in [4.69, 9.17) is 0 Å². The number of rotatable bonds is 3. The first-order valence-electron chi connectivity index (χ1n) is 3.53. The van der Waals surface area contributed by atoms with Gasteiger partial charge in [0, 0.05) is 23.5 Å². The average molecular weight is 203 g/mol. The number of aryl methyl sites for hydroxylation is 1. The van der Waals surface area contributed by atoms with Gasteiger partial charge in [0.15, 0.2) is 0 Å². The predicted molar refractivity (Wildman–Crippen MR) is 44.7 cm³/mol. The maximum Gasteiger partial charge on any atom is 0.141 e. The molecule has 1 aromatic heterocycles. The van der Waals surface area contributed by atoms with Gasteiger partial charge in [-0.1, -0.05) is 0 Å². The quantitative estimate of drug-likeness (QED) is 0.724. The molecule has 0 aliphatic rings. The van der Waals surface area contributed by atoms with E-state index in [0.29, 0.717) is 11.3 Å². The van der Waals surface area contributed by atoms with Crippen LogP contribution in [0.2, 0.25) is 0 Å². The van der Waals surface area contributed by atoms with Crippen molar-refractivity contribution in [3.63, 3.8) is 0 Å². The van der Waals surface area contributed by atoms with Gasteiger partial charge in [0.25, 0.3) is 0 Å². The van der Waals surface area contributed by atoms with Crippen LogP contribution in [0, 0.1) is 12.7 Å². The van der Waals surface area contributed by atoms with E-state index < -0.39 is 17.1 Å². The molecule has 72 valence electrons. The Bertz CT molecular complexity index is 332. The Morgan fingerprint density at radius 2 is 2.46 bits per heavy atom. The lowest BCUT2D eigenvalue weighted by atomic mass is 10.2. The van der Waals surface area contributed by atoms with Crippen LogP contribution >= 0.6 is 0 Å². The van der Waals surface area contributed by atoms with E-state index in [1.165, 1.54) is 6.07 Å². The minimum absolute atomic E-state index is 0.0622. The number of halogens is 1. The lowest BCUT2D eigenvalue weighted by Crippen LogP contribution is -2.16. The topological polar surface area (TPSA) is 65.0 Å². The molecule has 1 aromatic rings. The van der Waals surface area contributed by atoms with Gasteiger partial charge >= 0.3 is 0 Å². The monoisotopic (exact) mass is 203 g/mol. The van der Waals surface area contributed by atoms with Crippen molar-refractivity contribution in [2.75, 3.05) is 0 Å². The molecule has 1 unspecified atom stereocenters. The SMILES string of the molecule is Cc1ncc(F)cc1CNS(=O)[O-]. The van der Waals surface area contributed by atoms with E-state index in [2.05, 4.69) is 9.71 Å². The van der Waals surface area contributed by atoms with E-state index in [9.17, 15) is 13.2 Å². The molecule has 0 aliphatic heterocycles. The van der Waals surface area contributed by atoms with E-state index in [1.54, 1.807) is 6.92 Å². The summed E-state index contributed by atoms with van der Waals surface area (Å²) in [6.07, 6.45) is 1.09. The molecule has 0 radical (unpaired) electrons. The Labute approximate surface area is 77.6 Å². The Kier molecular flexibility index (Phi) is 3.47.